The van der Waals surface area contributed by atoms with E-state index in [0.29, 0.717) is 33.7 Å². The Balaban J connectivity index is 2.04. The molecule has 2 heterocycles. The quantitative estimate of drug-likeness (QED) is 0.721. The number of aromatic nitrogens is 3. The second-order valence-electron chi connectivity index (χ2n) is 5.08. The van der Waals surface area contributed by atoms with Crippen LogP contribution in [-0.2, 0) is 9.73 Å². The monoisotopic (exact) mass is 344 g/mol. The molecule has 1 unspecified atom stereocenters. The van der Waals surface area contributed by atoms with Crippen molar-refractivity contribution in [2.24, 2.45) is 4.36 Å². The van der Waals surface area contributed by atoms with E-state index in [9.17, 15) is 4.21 Å². The lowest BCUT2D eigenvalue weighted by atomic mass is 10.1. The molecule has 124 valence electrons. The molecular weight excluding hydrogens is 328 g/mol. The molecule has 0 N–H and O–H groups in total. The van der Waals surface area contributed by atoms with Crippen molar-refractivity contribution in [2.75, 3.05) is 13.4 Å². The fourth-order valence-corrected chi connectivity index (χ4v) is 3.35. The van der Waals surface area contributed by atoms with Crippen LogP contribution in [0.4, 0.5) is 5.69 Å². The third-order valence-corrected chi connectivity index (χ3v) is 4.84. The Hall–Kier alpha value is -2.74. The molecule has 3 aromatic rings. The number of methoxy groups -OCH3 is 1. The molecular formula is C16H16N4O3S. The number of benzene rings is 1. The van der Waals surface area contributed by atoms with Crippen molar-refractivity contribution in [3.63, 3.8) is 0 Å². The van der Waals surface area contributed by atoms with Gasteiger partial charge in [-0.05, 0) is 24.3 Å². The van der Waals surface area contributed by atoms with E-state index in [1.807, 2.05) is 0 Å². The smallest absolute Gasteiger partial charge is 0.223 e. The topological polar surface area (TPSA) is 90.5 Å². The van der Waals surface area contributed by atoms with E-state index in [0.717, 1.165) is 0 Å². The maximum atomic E-state index is 12.8. The highest BCUT2D eigenvalue weighted by Crippen LogP contribution is 2.32. The van der Waals surface area contributed by atoms with Gasteiger partial charge in [0.2, 0.25) is 11.7 Å². The first-order chi connectivity index (χ1) is 11.5. The van der Waals surface area contributed by atoms with E-state index >= 15 is 0 Å². The average molecular weight is 344 g/mol. The minimum atomic E-state index is -2.65. The Labute approximate surface area is 139 Å². The van der Waals surface area contributed by atoms with Crippen molar-refractivity contribution >= 4 is 15.4 Å². The third-order valence-electron chi connectivity index (χ3n) is 3.26. The van der Waals surface area contributed by atoms with Crippen LogP contribution in [-0.4, -0.2) is 32.7 Å². The molecule has 0 bridgehead atoms. The van der Waals surface area contributed by atoms with Crippen molar-refractivity contribution in [2.45, 2.75) is 11.9 Å². The highest BCUT2D eigenvalue weighted by Gasteiger charge is 2.14. The Morgan fingerprint density at radius 2 is 2.08 bits per heavy atom. The standard InChI is InChI=1S/C16H16N4O3S/c1-11-18-16(19-23-11)13-8-7-12(10-14(13)22-2)20-24(3,21)15-6-4-5-9-17-15/h4-10H,1-3H3. The van der Waals surface area contributed by atoms with Gasteiger partial charge in [0.1, 0.15) is 10.8 Å². The van der Waals surface area contributed by atoms with Crippen LogP contribution >= 0.6 is 0 Å². The summed E-state index contributed by atoms with van der Waals surface area (Å²) in [5.41, 5.74) is 1.20. The van der Waals surface area contributed by atoms with Crippen LogP contribution < -0.4 is 4.74 Å². The predicted molar refractivity (Wildman–Crippen MR) is 89.7 cm³/mol. The van der Waals surface area contributed by atoms with Gasteiger partial charge in [-0.2, -0.15) is 9.35 Å². The van der Waals surface area contributed by atoms with E-state index in [4.69, 9.17) is 9.26 Å². The summed E-state index contributed by atoms with van der Waals surface area (Å²) in [6.07, 6.45) is 3.15. The molecule has 0 amide bonds. The van der Waals surface area contributed by atoms with Crippen molar-refractivity contribution in [3.8, 4) is 17.1 Å². The predicted octanol–water partition coefficient (Wildman–Crippen LogP) is 3.24. The summed E-state index contributed by atoms with van der Waals surface area (Å²) >= 11 is 0. The largest absolute Gasteiger partial charge is 0.496 e. The maximum Gasteiger partial charge on any atom is 0.223 e. The summed E-state index contributed by atoms with van der Waals surface area (Å²) in [5, 5.41) is 4.32. The molecule has 0 radical (unpaired) electrons. The van der Waals surface area contributed by atoms with Crippen molar-refractivity contribution < 1.29 is 13.5 Å². The Morgan fingerprint density at radius 1 is 1.25 bits per heavy atom. The van der Waals surface area contributed by atoms with Gasteiger partial charge in [0.25, 0.3) is 0 Å². The second kappa shape index (κ2) is 6.40. The normalized spacial score (nSPS) is 13.3. The lowest BCUT2D eigenvalue weighted by molar-refractivity contribution is 0.393. The van der Waals surface area contributed by atoms with Crippen LogP contribution in [0, 0.1) is 6.92 Å². The van der Waals surface area contributed by atoms with E-state index in [1.165, 1.54) is 7.11 Å². The van der Waals surface area contributed by atoms with Gasteiger partial charge in [0.15, 0.2) is 0 Å². The van der Waals surface area contributed by atoms with Gasteiger partial charge >= 0.3 is 0 Å². The molecule has 8 heteroatoms. The summed E-state index contributed by atoms with van der Waals surface area (Å²) in [7, 11) is -1.11. The first kappa shape index (κ1) is 16.1. The van der Waals surface area contributed by atoms with Crippen LogP contribution in [0.25, 0.3) is 11.4 Å². The molecule has 2 aromatic heterocycles. The zero-order valence-corrected chi connectivity index (χ0v) is 14.3. The van der Waals surface area contributed by atoms with Crippen LogP contribution in [0.2, 0.25) is 0 Å². The fourth-order valence-electron chi connectivity index (χ4n) is 2.15. The molecule has 1 atom stereocenters. The molecule has 0 aliphatic carbocycles. The summed E-state index contributed by atoms with van der Waals surface area (Å²) in [6, 6.07) is 10.4. The average Bonchev–Trinajstić information content (AvgIpc) is 3.01. The summed E-state index contributed by atoms with van der Waals surface area (Å²) in [5.74, 6) is 1.42. The number of hydrogen-bond acceptors (Lipinski definition) is 7. The molecule has 0 aliphatic heterocycles. The van der Waals surface area contributed by atoms with Crippen LogP contribution in [0.5, 0.6) is 5.75 Å². The fraction of sp³-hybridized carbons (Fsp3) is 0.188. The van der Waals surface area contributed by atoms with Gasteiger partial charge in [-0.15, -0.1) is 0 Å². The van der Waals surface area contributed by atoms with Gasteiger partial charge in [0.05, 0.1) is 28.1 Å². The van der Waals surface area contributed by atoms with E-state index in [1.54, 1.807) is 55.8 Å². The van der Waals surface area contributed by atoms with Gasteiger partial charge in [-0.3, -0.25) is 0 Å². The van der Waals surface area contributed by atoms with Crippen molar-refractivity contribution in [3.05, 3.63) is 48.5 Å². The number of aryl methyl sites for hydroxylation is 1. The highest BCUT2D eigenvalue weighted by atomic mass is 32.2. The molecule has 7 nitrogen and oxygen atoms in total. The lowest BCUT2D eigenvalue weighted by Crippen LogP contribution is -1.99. The minimum Gasteiger partial charge on any atom is -0.496 e. The molecule has 0 fully saturated rings. The third kappa shape index (κ3) is 3.28. The Kier molecular flexibility index (Phi) is 4.30. The van der Waals surface area contributed by atoms with E-state index < -0.39 is 9.73 Å². The zero-order valence-electron chi connectivity index (χ0n) is 13.5. The maximum absolute atomic E-state index is 12.8. The SMILES string of the molecule is COc1cc(N=S(C)(=O)c2ccccn2)ccc1-c1noc(C)n1. The molecule has 0 aliphatic rings. The second-order valence-corrected chi connectivity index (χ2v) is 7.29. The number of nitrogens with zero attached hydrogens (tertiary/aromatic N) is 4. The van der Waals surface area contributed by atoms with Gasteiger partial charge in [0, 0.05) is 25.4 Å². The number of rotatable bonds is 4. The first-order valence-corrected chi connectivity index (χ1v) is 9.04. The minimum absolute atomic E-state index is 0.429. The first-order valence-electron chi connectivity index (χ1n) is 7.11. The number of hydrogen-bond donors (Lipinski definition) is 0. The molecule has 0 spiro atoms. The Morgan fingerprint density at radius 3 is 2.71 bits per heavy atom. The summed E-state index contributed by atoms with van der Waals surface area (Å²) in [4.78, 5) is 8.31. The van der Waals surface area contributed by atoms with Gasteiger partial charge in [-0.25, -0.2) is 9.19 Å². The Bertz CT molecular complexity index is 976. The van der Waals surface area contributed by atoms with Gasteiger partial charge < -0.3 is 9.26 Å². The van der Waals surface area contributed by atoms with Crippen LogP contribution in [0.15, 0.2) is 56.5 Å². The van der Waals surface area contributed by atoms with Crippen molar-refractivity contribution in [1.29, 1.82) is 0 Å². The summed E-state index contributed by atoms with van der Waals surface area (Å²) in [6.45, 7) is 1.71. The molecule has 24 heavy (non-hydrogen) atoms. The van der Waals surface area contributed by atoms with Gasteiger partial charge in [-0.1, -0.05) is 11.2 Å². The molecule has 0 saturated carbocycles. The van der Waals surface area contributed by atoms with Crippen LogP contribution in [0.1, 0.15) is 5.89 Å². The number of pyridine rings is 1. The zero-order chi connectivity index (χ0) is 17.2. The van der Waals surface area contributed by atoms with E-state index in [-0.39, 0.29) is 0 Å². The van der Waals surface area contributed by atoms with Crippen molar-refractivity contribution in [1.82, 2.24) is 15.1 Å². The summed E-state index contributed by atoms with van der Waals surface area (Å²) < 4.78 is 27.5. The number of ether oxygens (including phenoxy) is 1. The van der Waals surface area contributed by atoms with E-state index in [2.05, 4.69) is 19.5 Å². The highest BCUT2D eigenvalue weighted by molar-refractivity contribution is 7.93. The van der Waals surface area contributed by atoms with Crippen LogP contribution in [0.3, 0.4) is 0 Å². The molecule has 0 saturated heterocycles. The molecule has 1 aromatic carbocycles. The molecule has 3 rings (SSSR count). The lowest BCUT2D eigenvalue weighted by Gasteiger charge is -2.07.